The third kappa shape index (κ3) is 2.92. The third-order valence-corrected chi connectivity index (χ3v) is 4.79. The van der Waals surface area contributed by atoms with E-state index in [1.807, 2.05) is 30.3 Å². The molecule has 0 atom stereocenters. The number of carbonyl (C=O) groups is 1. The molecule has 0 unspecified atom stereocenters. The standard InChI is InChI=1S/C20H21N3O/c1-13-6-11-17-18(12-13)23-19(22-17)14-7-9-16(10-8-14)21-20(24)15-4-2-3-5-15/h6-12,15H,2-5H2,1H3,(H,21,24)(H,22,23). The average Bonchev–Trinajstić information content (AvgIpc) is 3.24. The van der Waals surface area contributed by atoms with Crippen LogP contribution in [-0.4, -0.2) is 15.9 Å². The Balaban J connectivity index is 1.53. The lowest BCUT2D eigenvalue weighted by Gasteiger charge is -2.10. The zero-order valence-corrected chi connectivity index (χ0v) is 13.8. The normalized spacial score (nSPS) is 15.0. The van der Waals surface area contributed by atoms with Crippen molar-refractivity contribution in [3.8, 4) is 11.4 Å². The molecule has 0 radical (unpaired) electrons. The minimum Gasteiger partial charge on any atom is -0.338 e. The average molecular weight is 319 g/mol. The van der Waals surface area contributed by atoms with Gasteiger partial charge in [0, 0.05) is 17.2 Å². The highest BCUT2D eigenvalue weighted by Gasteiger charge is 2.22. The Hall–Kier alpha value is -2.62. The van der Waals surface area contributed by atoms with Gasteiger partial charge in [0.25, 0.3) is 0 Å². The van der Waals surface area contributed by atoms with Crippen molar-refractivity contribution in [1.82, 2.24) is 9.97 Å². The molecule has 0 bridgehead atoms. The molecule has 0 saturated heterocycles. The summed E-state index contributed by atoms with van der Waals surface area (Å²) < 4.78 is 0. The van der Waals surface area contributed by atoms with Crippen LogP contribution < -0.4 is 5.32 Å². The Bertz CT molecular complexity index is 874. The monoisotopic (exact) mass is 319 g/mol. The third-order valence-electron chi connectivity index (χ3n) is 4.79. The number of anilines is 1. The van der Waals surface area contributed by atoms with Gasteiger partial charge in [-0.25, -0.2) is 4.98 Å². The van der Waals surface area contributed by atoms with Crippen LogP contribution in [0.3, 0.4) is 0 Å². The Morgan fingerprint density at radius 3 is 2.62 bits per heavy atom. The first kappa shape index (κ1) is 14.9. The van der Waals surface area contributed by atoms with Gasteiger partial charge in [0.2, 0.25) is 5.91 Å². The molecule has 1 fully saturated rings. The van der Waals surface area contributed by atoms with Crippen LogP contribution in [0.25, 0.3) is 22.4 Å². The number of benzene rings is 2. The Morgan fingerprint density at radius 1 is 1.12 bits per heavy atom. The van der Waals surface area contributed by atoms with E-state index in [2.05, 4.69) is 34.3 Å². The van der Waals surface area contributed by atoms with E-state index in [1.165, 1.54) is 18.4 Å². The molecule has 0 spiro atoms. The van der Waals surface area contributed by atoms with Gasteiger partial charge < -0.3 is 10.3 Å². The molecule has 2 aromatic carbocycles. The fourth-order valence-corrected chi connectivity index (χ4v) is 3.40. The Morgan fingerprint density at radius 2 is 1.88 bits per heavy atom. The molecule has 0 aliphatic heterocycles. The summed E-state index contributed by atoms with van der Waals surface area (Å²) in [4.78, 5) is 20.2. The van der Waals surface area contributed by atoms with Crippen LogP contribution in [0, 0.1) is 12.8 Å². The second-order valence-corrected chi connectivity index (χ2v) is 6.65. The number of H-pyrrole nitrogens is 1. The van der Waals surface area contributed by atoms with Gasteiger partial charge in [0.1, 0.15) is 5.82 Å². The molecular formula is C20H21N3O. The second kappa shape index (κ2) is 6.11. The molecule has 4 heteroatoms. The van der Waals surface area contributed by atoms with Crippen LogP contribution in [0.5, 0.6) is 0 Å². The molecule has 4 rings (SSSR count). The lowest BCUT2D eigenvalue weighted by Crippen LogP contribution is -2.20. The smallest absolute Gasteiger partial charge is 0.227 e. The van der Waals surface area contributed by atoms with Gasteiger partial charge in [-0.15, -0.1) is 0 Å². The number of fused-ring (bicyclic) bond motifs is 1. The van der Waals surface area contributed by atoms with Crippen molar-refractivity contribution in [2.24, 2.45) is 5.92 Å². The summed E-state index contributed by atoms with van der Waals surface area (Å²) >= 11 is 0. The number of aromatic amines is 1. The van der Waals surface area contributed by atoms with Crippen molar-refractivity contribution in [1.29, 1.82) is 0 Å². The van der Waals surface area contributed by atoms with Gasteiger partial charge in [0.05, 0.1) is 11.0 Å². The molecule has 4 nitrogen and oxygen atoms in total. The van der Waals surface area contributed by atoms with Crippen LogP contribution in [0.2, 0.25) is 0 Å². The fourth-order valence-electron chi connectivity index (χ4n) is 3.40. The van der Waals surface area contributed by atoms with E-state index in [-0.39, 0.29) is 11.8 Å². The molecule has 1 aromatic heterocycles. The molecule has 1 heterocycles. The van der Waals surface area contributed by atoms with Crippen LogP contribution in [0.1, 0.15) is 31.2 Å². The Kier molecular flexibility index (Phi) is 3.81. The molecule has 1 saturated carbocycles. The largest absolute Gasteiger partial charge is 0.338 e. The van der Waals surface area contributed by atoms with Crippen molar-refractivity contribution in [2.75, 3.05) is 5.32 Å². The molecule has 1 aliphatic carbocycles. The van der Waals surface area contributed by atoms with Crippen molar-refractivity contribution >= 4 is 22.6 Å². The van der Waals surface area contributed by atoms with Crippen LogP contribution >= 0.6 is 0 Å². The molecule has 24 heavy (non-hydrogen) atoms. The summed E-state index contributed by atoms with van der Waals surface area (Å²) in [5.74, 6) is 1.19. The number of nitrogens with zero attached hydrogens (tertiary/aromatic N) is 1. The van der Waals surface area contributed by atoms with E-state index in [9.17, 15) is 4.79 Å². The summed E-state index contributed by atoms with van der Waals surface area (Å²) in [6.07, 6.45) is 4.37. The lowest BCUT2D eigenvalue weighted by molar-refractivity contribution is -0.119. The number of nitrogens with one attached hydrogen (secondary N) is 2. The van der Waals surface area contributed by atoms with Gasteiger partial charge in [0.15, 0.2) is 0 Å². The number of carbonyl (C=O) groups excluding carboxylic acids is 1. The van der Waals surface area contributed by atoms with E-state index >= 15 is 0 Å². The number of aryl methyl sites for hydroxylation is 1. The predicted octanol–water partition coefficient (Wildman–Crippen LogP) is 4.67. The van der Waals surface area contributed by atoms with Crippen LogP contribution in [-0.2, 0) is 4.79 Å². The number of hydrogen-bond acceptors (Lipinski definition) is 2. The molecule has 2 N–H and O–H groups in total. The molecule has 122 valence electrons. The quantitative estimate of drug-likeness (QED) is 0.737. The van der Waals surface area contributed by atoms with E-state index < -0.39 is 0 Å². The van der Waals surface area contributed by atoms with Gasteiger partial charge >= 0.3 is 0 Å². The van der Waals surface area contributed by atoms with Crippen LogP contribution in [0.15, 0.2) is 42.5 Å². The summed E-state index contributed by atoms with van der Waals surface area (Å²) in [5.41, 5.74) is 5.09. The predicted molar refractivity (Wildman–Crippen MR) is 96.9 cm³/mol. The van der Waals surface area contributed by atoms with Crippen molar-refractivity contribution < 1.29 is 4.79 Å². The highest BCUT2D eigenvalue weighted by atomic mass is 16.1. The molecule has 1 aliphatic rings. The number of imidazole rings is 1. The van der Waals surface area contributed by atoms with Crippen LogP contribution in [0.4, 0.5) is 5.69 Å². The second-order valence-electron chi connectivity index (χ2n) is 6.65. The topological polar surface area (TPSA) is 57.8 Å². The first-order valence-corrected chi connectivity index (χ1v) is 8.57. The molecular weight excluding hydrogens is 298 g/mol. The maximum Gasteiger partial charge on any atom is 0.227 e. The van der Waals surface area contributed by atoms with Crippen molar-refractivity contribution in [2.45, 2.75) is 32.6 Å². The number of rotatable bonds is 3. The molecule has 1 amide bonds. The van der Waals surface area contributed by atoms with E-state index in [0.29, 0.717) is 0 Å². The SMILES string of the molecule is Cc1ccc2nc(-c3ccc(NC(=O)C4CCCC4)cc3)[nH]c2c1. The van der Waals surface area contributed by atoms with Gasteiger partial charge in [-0.1, -0.05) is 18.9 Å². The van der Waals surface area contributed by atoms with E-state index in [1.54, 1.807) is 0 Å². The highest BCUT2D eigenvalue weighted by molar-refractivity contribution is 5.93. The van der Waals surface area contributed by atoms with Gasteiger partial charge in [-0.05, 0) is 61.7 Å². The Labute approximate surface area is 141 Å². The number of amides is 1. The zero-order chi connectivity index (χ0) is 16.5. The summed E-state index contributed by atoms with van der Waals surface area (Å²) in [6.45, 7) is 2.07. The maximum absolute atomic E-state index is 12.2. The number of aromatic nitrogens is 2. The van der Waals surface area contributed by atoms with Gasteiger partial charge in [-0.2, -0.15) is 0 Å². The fraction of sp³-hybridized carbons (Fsp3) is 0.300. The summed E-state index contributed by atoms with van der Waals surface area (Å²) in [7, 11) is 0. The van der Waals surface area contributed by atoms with E-state index in [0.717, 1.165) is 41.0 Å². The van der Waals surface area contributed by atoms with Gasteiger partial charge in [-0.3, -0.25) is 4.79 Å². The molecule has 3 aromatic rings. The number of hydrogen-bond donors (Lipinski definition) is 2. The minimum absolute atomic E-state index is 0.152. The minimum atomic E-state index is 0.152. The first-order chi connectivity index (χ1) is 11.7. The first-order valence-electron chi connectivity index (χ1n) is 8.57. The highest BCUT2D eigenvalue weighted by Crippen LogP contribution is 2.27. The van der Waals surface area contributed by atoms with Crippen molar-refractivity contribution in [3.05, 3.63) is 48.0 Å². The van der Waals surface area contributed by atoms with Crippen molar-refractivity contribution in [3.63, 3.8) is 0 Å². The lowest BCUT2D eigenvalue weighted by atomic mass is 10.1. The zero-order valence-electron chi connectivity index (χ0n) is 13.8. The summed E-state index contributed by atoms with van der Waals surface area (Å²) in [6, 6.07) is 14.1. The summed E-state index contributed by atoms with van der Waals surface area (Å²) in [5, 5.41) is 3.03. The maximum atomic E-state index is 12.2. The van der Waals surface area contributed by atoms with E-state index in [4.69, 9.17) is 0 Å².